The summed E-state index contributed by atoms with van der Waals surface area (Å²) in [6.45, 7) is 0.316. The molecule has 0 atom stereocenters. The molecule has 18 heavy (non-hydrogen) atoms. The summed E-state index contributed by atoms with van der Waals surface area (Å²) in [6, 6.07) is 5.91. The molecule has 94 valence electrons. The molecule has 0 amide bonds. The second kappa shape index (κ2) is 5.73. The van der Waals surface area contributed by atoms with E-state index in [-0.39, 0.29) is 5.82 Å². The predicted molar refractivity (Wildman–Crippen MR) is 70.8 cm³/mol. The van der Waals surface area contributed by atoms with Gasteiger partial charge in [-0.05, 0) is 40.2 Å². The topological polar surface area (TPSA) is 35.0 Å². The Balaban J connectivity index is 2.48. The molecule has 1 heterocycles. The third kappa shape index (κ3) is 2.85. The van der Waals surface area contributed by atoms with Crippen LogP contribution < -0.4 is 0 Å². The largest absolute Gasteiger partial charge is 0.378 e. The lowest BCUT2D eigenvalue weighted by molar-refractivity contribution is 0.181. The van der Waals surface area contributed by atoms with E-state index in [4.69, 9.17) is 16.3 Å². The van der Waals surface area contributed by atoms with Gasteiger partial charge in [0.05, 0.1) is 16.8 Å². The highest BCUT2D eigenvalue weighted by Gasteiger charge is 2.12. The number of benzene rings is 1. The van der Waals surface area contributed by atoms with E-state index < -0.39 is 0 Å². The Labute approximate surface area is 117 Å². The number of hydrogen-bond acceptors (Lipinski definition) is 3. The van der Waals surface area contributed by atoms with E-state index in [0.29, 0.717) is 33.3 Å². The van der Waals surface area contributed by atoms with Gasteiger partial charge in [-0.2, -0.15) is 0 Å². The molecule has 6 heteroatoms. The molecule has 0 saturated carbocycles. The molecule has 0 aliphatic carbocycles. The molecule has 0 bridgehead atoms. The number of rotatable bonds is 3. The molecule has 0 N–H and O–H groups in total. The summed E-state index contributed by atoms with van der Waals surface area (Å²) in [5.74, 6) is 0.134. The molecule has 0 saturated heterocycles. The molecular weight excluding hydrogens is 322 g/mol. The molecule has 1 aromatic heterocycles. The fraction of sp³-hybridized carbons (Fsp3) is 0.167. The van der Waals surface area contributed by atoms with Crippen LogP contribution in [-0.4, -0.2) is 17.1 Å². The standard InChI is InChI=1S/C12H9BrClFN2O/c1-18-6-9-10(13)11(14)17-12(16-9)7-2-4-8(15)5-3-7/h2-5H,6H2,1H3. The number of halogens is 3. The van der Waals surface area contributed by atoms with Gasteiger partial charge >= 0.3 is 0 Å². The first kappa shape index (κ1) is 13.4. The summed E-state index contributed by atoms with van der Waals surface area (Å²) < 4.78 is 18.5. The van der Waals surface area contributed by atoms with Crippen molar-refractivity contribution in [3.63, 3.8) is 0 Å². The predicted octanol–water partition coefficient (Wildman–Crippen LogP) is 3.85. The number of ether oxygens (including phenoxy) is 1. The van der Waals surface area contributed by atoms with Crippen LogP contribution in [0, 0.1) is 5.82 Å². The van der Waals surface area contributed by atoms with Crippen molar-refractivity contribution in [3.05, 3.63) is 45.4 Å². The third-order valence-corrected chi connectivity index (χ3v) is 3.60. The average molecular weight is 332 g/mol. The van der Waals surface area contributed by atoms with E-state index in [1.165, 1.54) is 12.1 Å². The minimum absolute atomic E-state index is 0.302. The molecule has 0 radical (unpaired) electrons. The maximum absolute atomic E-state index is 12.9. The van der Waals surface area contributed by atoms with Crippen molar-refractivity contribution in [1.29, 1.82) is 0 Å². The van der Waals surface area contributed by atoms with Crippen LogP contribution in [0.25, 0.3) is 11.4 Å². The minimum Gasteiger partial charge on any atom is -0.378 e. The molecule has 0 aliphatic rings. The Morgan fingerprint density at radius 3 is 2.56 bits per heavy atom. The monoisotopic (exact) mass is 330 g/mol. The first-order valence-corrected chi connectivity index (χ1v) is 6.25. The lowest BCUT2D eigenvalue weighted by Crippen LogP contribution is -2.00. The van der Waals surface area contributed by atoms with Crippen molar-refractivity contribution in [2.45, 2.75) is 6.61 Å². The van der Waals surface area contributed by atoms with E-state index in [1.807, 2.05) is 0 Å². The van der Waals surface area contributed by atoms with E-state index in [9.17, 15) is 4.39 Å². The second-order valence-electron chi connectivity index (χ2n) is 3.54. The van der Waals surface area contributed by atoms with Crippen LogP contribution in [0.5, 0.6) is 0 Å². The van der Waals surface area contributed by atoms with Crippen molar-refractivity contribution in [3.8, 4) is 11.4 Å². The van der Waals surface area contributed by atoms with Crippen molar-refractivity contribution < 1.29 is 9.13 Å². The van der Waals surface area contributed by atoms with Gasteiger partial charge in [0.1, 0.15) is 11.0 Å². The Kier molecular flexibility index (Phi) is 4.27. The number of nitrogens with zero attached hydrogens (tertiary/aromatic N) is 2. The summed E-state index contributed by atoms with van der Waals surface area (Å²) in [5, 5.41) is 0.302. The van der Waals surface area contributed by atoms with Gasteiger partial charge in [-0.3, -0.25) is 0 Å². The van der Waals surface area contributed by atoms with Crippen molar-refractivity contribution >= 4 is 27.5 Å². The van der Waals surface area contributed by atoms with Crippen LogP contribution in [0.3, 0.4) is 0 Å². The lowest BCUT2D eigenvalue weighted by atomic mass is 10.2. The summed E-state index contributed by atoms with van der Waals surface area (Å²) in [6.07, 6.45) is 0. The Bertz CT molecular complexity index is 563. The summed E-state index contributed by atoms with van der Waals surface area (Å²) in [4.78, 5) is 8.48. The summed E-state index contributed by atoms with van der Waals surface area (Å²) in [7, 11) is 1.57. The zero-order chi connectivity index (χ0) is 13.1. The van der Waals surface area contributed by atoms with Gasteiger partial charge < -0.3 is 4.74 Å². The molecule has 0 spiro atoms. The SMILES string of the molecule is COCc1nc(-c2ccc(F)cc2)nc(Cl)c1Br. The van der Waals surface area contributed by atoms with Crippen LogP contribution in [-0.2, 0) is 11.3 Å². The maximum atomic E-state index is 12.9. The molecule has 1 aromatic carbocycles. The highest BCUT2D eigenvalue weighted by Crippen LogP contribution is 2.27. The first-order valence-electron chi connectivity index (χ1n) is 5.08. The lowest BCUT2D eigenvalue weighted by Gasteiger charge is -2.07. The Hall–Kier alpha value is -1.04. The second-order valence-corrected chi connectivity index (χ2v) is 4.69. The van der Waals surface area contributed by atoms with Gasteiger partial charge in [-0.1, -0.05) is 11.6 Å². The smallest absolute Gasteiger partial charge is 0.161 e. The van der Waals surface area contributed by atoms with Crippen molar-refractivity contribution in [2.24, 2.45) is 0 Å². The van der Waals surface area contributed by atoms with Crippen LogP contribution >= 0.6 is 27.5 Å². The highest BCUT2D eigenvalue weighted by atomic mass is 79.9. The van der Waals surface area contributed by atoms with Crippen LogP contribution in [0.15, 0.2) is 28.7 Å². The van der Waals surface area contributed by atoms with Crippen molar-refractivity contribution in [1.82, 2.24) is 9.97 Å². The average Bonchev–Trinajstić information content (AvgIpc) is 2.36. The molecule has 0 unspecified atom stereocenters. The number of aromatic nitrogens is 2. The van der Waals surface area contributed by atoms with Crippen LogP contribution in [0.1, 0.15) is 5.69 Å². The van der Waals surface area contributed by atoms with Crippen LogP contribution in [0.2, 0.25) is 5.15 Å². The number of hydrogen-bond donors (Lipinski definition) is 0. The minimum atomic E-state index is -0.306. The summed E-state index contributed by atoms with van der Waals surface area (Å²) >= 11 is 9.31. The molecule has 3 nitrogen and oxygen atoms in total. The van der Waals surface area contributed by atoms with Crippen molar-refractivity contribution in [2.75, 3.05) is 7.11 Å². The van der Waals surface area contributed by atoms with E-state index in [0.717, 1.165) is 0 Å². The molecule has 2 aromatic rings. The van der Waals surface area contributed by atoms with E-state index >= 15 is 0 Å². The maximum Gasteiger partial charge on any atom is 0.161 e. The highest BCUT2D eigenvalue weighted by molar-refractivity contribution is 9.10. The van der Waals surface area contributed by atoms with Gasteiger partial charge in [0.25, 0.3) is 0 Å². The first-order chi connectivity index (χ1) is 8.61. The Morgan fingerprint density at radius 2 is 1.94 bits per heavy atom. The Morgan fingerprint density at radius 1 is 1.28 bits per heavy atom. The fourth-order valence-electron chi connectivity index (χ4n) is 1.42. The van der Waals surface area contributed by atoms with Gasteiger partial charge in [0.15, 0.2) is 5.82 Å². The van der Waals surface area contributed by atoms with Gasteiger partial charge in [-0.15, -0.1) is 0 Å². The van der Waals surface area contributed by atoms with Gasteiger partial charge in [0.2, 0.25) is 0 Å². The fourth-order valence-corrected chi connectivity index (χ4v) is 1.90. The van der Waals surface area contributed by atoms with E-state index in [2.05, 4.69) is 25.9 Å². The number of methoxy groups -OCH3 is 1. The molecule has 0 aliphatic heterocycles. The normalized spacial score (nSPS) is 10.7. The van der Waals surface area contributed by atoms with Crippen LogP contribution in [0.4, 0.5) is 4.39 Å². The zero-order valence-corrected chi connectivity index (χ0v) is 11.8. The van der Waals surface area contributed by atoms with Gasteiger partial charge in [-0.25, -0.2) is 14.4 Å². The van der Waals surface area contributed by atoms with E-state index in [1.54, 1.807) is 19.2 Å². The third-order valence-electron chi connectivity index (χ3n) is 2.26. The zero-order valence-electron chi connectivity index (χ0n) is 9.45. The molecular formula is C12H9BrClFN2O. The summed E-state index contributed by atoms with van der Waals surface area (Å²) in [5.41, 5.74) is 1.35. The quantitative estimate of drug-likeness (QED) is 0.801. The van der Waals surface area contributed by atoms with Gasteiger partial charge in [0, 0.05) is 12.7 Å². The molecule has 2 rings (SSSR count). The molecule has 0 fully saturated rings.